The van der Waals surface area contributed by atoms with Gasteiger partial charge >= 0.3 is 6.18 Å². The van der Waals surface area contributed by atoms with Crippen molar-refractivity contribution in [1.29, 1.82) is 0 Å². The molecule has 1 aromatic heterocycles. The van der Waals surface area contributed by atoms with Gasteiger partial charge in [0.25, 0.3) is 11.8 Å². The summed E-state index contributed by atoms with van der Waals surface area (Å²) < 4.78 is 38.3. The highest BCUT2D eigenvalue weighted by Gasteiger charge is 2.32. The maximum atomic E-state index is 12.8. The normalized spacial score (nSPS) is 12.4. The Morgan fingerprint density at radius 1 is 1.20 bits per heavy atom. The fourth-order valence-electron chi connectivity index (χ4n) is 2.61. The van der Waals surface area contributed by atoms with Crippen LogP contribution >= 0.6 is 35.0 Å². The molecule has 162 valence electrons. The summed E-state index contributed by atoms with van der Waals surface area (Å²) >= 11 is 13.5. The molecular weight excluding hydrogens is 462 g/mol. The number of amides is 2. The molecule has 0 radical (unpaired) electrons. The fraction of sp³-hybridized carbons (Fsp3) is 0.316. The number of benzene rings is 1. The largest absolute Gasteiger partial charge is 0.417 e. The van der Waals surface area contributed by atoms with Crippen molar-refractivity contribution in [3.8, 4) is 0 Å². The second-order valence-electron chi connectivity index (χ2n) is 6.48. The smallest absolute Gasteiger partial charge is 0.349 e. The van der Waals surface area contributed by atoms with E-state index in [1.807, 2.05) is 13.2 Å². The molecule has 0 aliphatic rings. The van der Waals surface area contributed by atoms with Gasteiger partial charge in [0.15, 0.2) is 0 Å². The van der Waals surface area contributed by atoms with Crippen LogP contribution in [-0.2, 0) is 6.18 Å². The number of thioether (sulfide) groups is 1. The Hall–Kier alpha value is -1.97. The van der Waals surface area contributed by atoms with Gasteiger partial charge in [-0.05, 0) is 43.9 Å². The molecule has 0 aliphatic carbocycles. The molecule has 1 heterocycles. The van der Waals surface area contributed by atoms with E-state index in [9.17, 15) is 22.8 Å². The summed E-state index contributed by atoms with van der Waals surface area (Å²) in [4.78, 5) is 28.9. The SMILES string of the molecule is CSC[C@H](C)NC(=O)c1cc(Cl)cc(C)c1NC(=O)c1ncc(C(F)(F)F)cc1Cl. The number of aromatic nitrogens is 1. The zero-order valence-electron chi connectivity index (χ0n) is 16.2. The van der Waals surface area contributed by atoms with Crippen LogP contribution in [0.3, 0.4) is 0 Å². The van der Waals surface area contributed by atoms with Crippen molar-refractivity contribution in [2.75, 3.05) is 17.3 Å². The third-order valence-corrected chi connectivity index (χ3v) is 5.30. The van der Waals surface area contributed by atoms with Crippen molar-refractivity contribution in [2.24, 2.45) is 0 Å². The van der Waals surface area contributed by atoms with E-state index in [1.165, 1.54) is 6.07 Å². The molecule has 5 nitrogen and oxygen atoms in total. The summed E-state index contributed by atoms with van der Waals surface area (Å²) in [6, 6.07) is 3.42. The van der Waals surface area contributed by atoms with E-state index in [0.717, 1.165) is 0 Å². The van der Waals surface area contributed by atoms with Crippen LogP contribution in [0.5, 0.6) is 0 Å². The highest BCUT2D eigenvalue weighted by molar-refractivity contribution is 7.98. The summed E-state index contributed by atoms with van der Waals surface area (Å²) in [6.45, 7) is 3.46. The Balaban J connectivity index is 2.36. The molecule has 2 amide bonds. The number of carbonyl (C=O) groups is 2. The number of pyridine rings is 1. The van der Waals surface area contributed by atoms with Crippen LogP contribution in [0, 0.1) is 6.92 Å². The van der Waals surface area contributed by atoms with Gasteiger partial charge in [0.2, 0.25) is 0 Å². The topological polar surface area (TPSA) is 71.1 Å². The Morgan fingerprint density at radius 3 is 2.43 bits per heavy atom. The number of aryl methyl sites for hydroxylation is 1. The minimum atomic E-state index is -4.64. The molecule has 0 saturated heterocycles. The predicted octanol–water partition coefficient (Wildman–Crippen LogP) is 5.45. The summed E-state index contributed by atoms with van der Waals surface area (Å²) in [5.74, 6) is -0.632. The van der Waals surface area contributed by atoms with Crippen LogP contribution in [-0.4, -0.2) is 34.8 Å². The van der Waals surface area contributed by atoms with Gasteiger partial charge in [-0.25, -0.2) is 4.98 Å². The first-order chi connectivity index (χ1) is 13.9. The van der Waals surface area contributed by atoms with Crippen molar-refractivity contribution in [1.82, 2.24) is 10.3 Å². The number of anilines is 1. The highest BCUT2D eigenvalue weighted by Crippen LogP contribution is 2.32. The lowest BCUT2D eigenvalue weighted by Gasteiger charge is -2.17. The van der Waals surface area contributed by atoms with Gasteiger partial charge in [-0.15, -0.1) is 0 Å². The van der Waals surface area contributed by atoms with Crippen LogP contribution in [0.25, 0.3) is 0 Å². The Bertz CT molecular complexity index is 971. The number of hydrogen-bond donors (Lipinski definition) is 2. The van der Waals surface area contributed by atoms with Crippen molar-refractivity contribution in [3.63, 3.8) is 0 Å². The van der Waals surface area contributed by atoms with E-state index in [0.29, 0.717) is 28.6 Å². The zero-order valence-corrected chi connectivity index (χ0v) is 18.5. The van der Waals surface area contributed by atoms with E-state index in [2.05, 4.69) is 15.6 Å². The Labute approximate surface area is 185 Å². The Morgan fingerprint density at radius 2 is 1.87 bits per heavy atom. The minimum absolute atomic E-state index is 0.115. The summed E-state index contributed by atoms with van der Waals surface area (Å²) in [5.41, 5.74) is -0.711. The van der Waals surface area contributed by atoms with Gasteiger partial charge in [-0.3, -0.25) is 9.59 Å². The van der Waals surface area contributed by atoms with Crippen molar-refractivity contribution >= 4 is 52.5 Å². The van der Waals surface area contributed by atoms with E-state index in [1.54, 1.807) is 24.8 Å². The van der Waals surface area contributed by atoms with Crippen LogP contribution in [0.1, 0.15) is 38.9 Å². The molecule has 1 aromatic carbocycles. The third-order valence-electron chi connectivity index (χ3n) is 3.96. The molecule has 1 atom stereocenters. The minimum Gasteiger partial charge on any atom is -0.349 e. The summed E-state index contributed by atoms with van der Waals surface area (Å²) in [7, 11) is 0. The number of nitrogens with zero attached hydrogens (tertiary/aromatic N) is 1. The number of alkyl halides is 3. The van der Waals surface area contributed by atoms with Crippen LogP contribution in [0.15, 0.2) is 24.4 Å². The van der Waals surface area contributed by atoms with Gasteiger partial charge < -0.3 is 10.6 Å². The van der Waals surface area contributed by atoms with Crippen LogP contribution in [0.4, 0.5) is 18.9 Å². The molecule has 0 saturated carbocycles. The second-order valence-corrected chi connectivity index (χ2v) is 8.24. The lowest BCUT2D eigenvalue weighted by Crippen LogP contribution is -2.35. The van der Waals surface area contributed by atoms with Gasteiger partial charge in [-0.2, -0.15) is 24.9 Å². The summed E-state index contributed by atoms with van der Waals surface area (Å²) in [5, 5.41) is 5.15. The van der Waals surface area contributed by atoms with Gasteiger partial charge in [0.1, 0.15) is 5.69 Å². The number of halogens is 5. The van der Waals surface area contributed by atoms with Crippen molar-refractivity contribution in [2.45, 2.75) is 26.1 Å². The standard InChI is InChI=1S/C19H18Cl2F3N3O2S/c1-9-4-12(20)6-13(17(28)26-10(2)8-30-3)15(9)27-18(29)16-14(21)5-11(7-25-16)19(22,23)24/h4-7,10H,8H2,1-3H3,(H,26,28)(H,27,29)/t10-/m0/s1. The molecule has 0 fully saturated rings. The van der Waals surface area contributed by atoms with Crippen molar-refractivity contribution < 1.29 is 22.8 Å². The van der Waals surface area contributed by atoms with E-state index in [4.69, 9.17) is 23.2 Å². The number of hydrogen-bond acceptors (Lipinski definition) is 4. The third kappa shape index (κ3) is 6.02. The fourth-order valence-corrected chi connectivity index (χ4v) is 3.72. The molecule has 2 N–H and O–H groups in total. The molecule has 0 bridgehead atoms. The first-order valence-electron chi connectivity index (χ1n) is 8.58. The number of carbonyl (C=O) groups excluding carboxylic acids is 2. The first-order valence-corrected chi connectivity index (χ1v) is 10.7. The average Bonchev–Trinajstić information content (AvgIpc) is 2.62. The predicted molar refractivity (Wildman–Crippen MR) is 114 cm³/mol. The maximum absolute atomic E-state index is 12.8. The zero-order chi connectivity index (χ0) is 22.6. The molecule has 11 heteroatoms. The van der Waals surface area contributed by atoms with E-state index >= 15 is 0 Å². The lowest BCUT2D eigenvalue weighted by atomic mass is 10.1. The molecule has 30 heavy (non-hydrogen) atoms. The average molecular weight is 480 g/mol. The molecule has 0 spiro atoms. The molecule has 2 rings (SSSR count). The van der Waals surface area contributed by atoms with Gasteiger partial charge in [0, 0.05) is 23.0 Å². The van der Waals surface area contributed by atoms with Crippen molar-refractivity contribution in [3.05, 3.63) is 56.8 Å². The number of nitrogens with one attached hydrogen (secondary N) is 2. The highest BCUT2D eigenvalue weighted by atomic mass is 35.5. The van der Waals surface area contributed by atoms with Gasteiger partial charge in [0.05, 0.1) is 21.8 Å². The quantitative estimate of drug-likeness (QED) is 0.577. The molecule has 0 unspecified atom stereocenters. The summed E-state index contributed by atoms with van der Waals surface area (Å²) in [6.07, 6.45) is -2.22. The lowest BCUT2D eigenvalue weighted by molar-refractivity contribution is -0.137. The van der Waals surface area contributed by atoms with Gasteiger partial charge in [-0.1, -0.05) is 23.2 Å². The molecule has 0 aliphatic heterocycles. The number of rotatable bonds is 6. The van der Waals surface area contributed by atoms with E-state index in [-0.39, 0.29) is 17.3 Å². The monoisotopic (exact) mass is 479 g/mol. The van der Waals surface area contributed by atoms with Crippen LogP contribution < -0.4 is 10.6 Å². The molecular formula is C19H18Cl2F3N3O2S. The molecule has 2 aromatic rings. The van der Waals surface area contributed by atoms with Crippen LogP contribution in [0.2, 0.25) is 10.0 Å². The van der Waals surface area contributed by atoms with E-state index < -0.39 is 34.3 Å². The second kappa shape index (κ2) is 9.89. The Kier molecular flexibility index (Phi) is 8.01. The maximum Gasteiger partial charge on any atom is 0.417 e. The first kappa shape index (κ1) is 24.3.